The summed E-state index contributed by atoms with van der Waals surface area (Å²) in [4.78, 5) is 23.4. The molecule has 0 saturated heterocycles. The van der Waals surface area contributed by atoms with Gasteiger partial charge in [0.2, 0.25) is 0 Å². The number of nitrogens with zero attached hydrogens (tertiary/aromatic N) is 1. The van der Waals surface area contributed by atoms with Crippen LogP contribution in [0.25, 0.3) is 0 Å². The molecular formula is C12H21NO2. The number of unbranched alkanes of at least 4 members (excludes halogenated alkanes) is 3. The first-order chi connectivity index (χ1) is 7.25. The Hall–Kier alpha value is -1.12. The molecule has 1 aliphatic heterocycles. The fraction of sp³-hybridized carbons (Fsp3) is 0.667. The molecule has 0 aromatic heterocycles. The van der Waals surface area contributed by atoms with Crippen molar-refractivity contribution in [2.75, 3.05) is 6.54 Å². The molecule has 3 heteroatoms. The average molecular weight is 211 g/mol. The molecule has 0 aromatic rings. The molecule has 1 aliphatic rings. The Balaban J connectivity index is 0.000000921. The fourth-order valence-electron chi connectivity index (χ4n) is 1.35. The molecule has 1 heterocycles. The maximum absolute atomic E-state index is 11.1. The Morgan fingerprint density at radius 2 is 1.53 bits per heavy atom. The van der Waals surface area contributed by atoms with Gasteiger partial charge in [0.1, 0.15) is 0 Å². The van der Waals surface area contributed by atoms with Gasteiger partial charge in [-0.15, -0.1) is 0 Å². The van der Waals surface area contributed by atoms with Gasteiger partial charge in [-0.3, -0.25) is 14.5 Å². The highest BCUT2D eigenvalue weighted by atomic mass is 16.2. The summed E-state index contributed by atoms with van der Waals surface area (Å²) in [5.74, 6) is -0.331. The third-order valence-corrected chi connectivity index (χ3v) is 2.14. The average Bonchev–Trinajstić information content (AvgIpc) is 2.58. The Morgan fingerprint density at radius 3 is 2.00 bits per heavy atom. The SMILES string of the molecule is CC.CCCCCCN1C(=O)C=CC1=O. The van der Waals surface area contributed by atoms with Crippen molar-refractivity contribution in [1.29, 1.82) is 0 Å². The van der Waals surface area contributed by atoms with Crippen LogP contribution in [0, 0.1) is 0 Å². The lowest BCUT2D eigenvalue weighted by atomic mass is 10.2. The number of imide groups is 1. The molecule has 0 spiro atoms. The summed E-state index contributed by atoms with van der Waals surface area (Å²) in [7, 11) is 0. The minimum absolute atomic E-state index is 0.165. The van der Waals surface area contributed by atoms with Gasteiger partial charge in [-0.2, -0.15) is 0 Å². The van der Waals surface area contributed by atoms with E-state index in [1.165, 1.54) is 29.9 Å². The molecule has 0 saturated carbocycles. The minimum Gasteiger partial charge on any atom is -0.275 e. The molecule has 3 nitrogen and oxygen atoms in total. The quantitative estimate of drug-likeness (QED) is 0.517. The number of hydrogen-bond acceptors (Lipinski definition) is 2. The van der Waals surface area contributed by atoms with Crippen molar-refractivity contribution < 1.29 is 9.59 Å². The van der Waals surface area contributed by atoms with Crippen LogP contribution >= 0.6 is 0 Å². The normalized spacial score (nSPS) is 14.2. The molecule has 0 aromatic carbocycles. The second-order valence-electron chi connectivity index (χ2n) is 3.22. The van der Waals surface area contributed by atoms with Gasteiger partial charge in [0, 0.05) is 18.7 Å². The van der Waals surface area contributed by atoms with Crippen molar-refractivity contribution in [3.8, 4) is 0 Å². The number of carbonyl (C=O) groups is 2. The van der Waals surface area contributed by atoms with E-state index in [0.29, 0.717) is 6.54 Å². The van der Waals surface area contributed by atoms with Crippen LogP contribution in [0.15, 0.2) is 12.2 Å². The largest absolute Gasteiger partial charge is 0.275 e. The number of hydrogen-bond donors (Lipinski definition) is 0. The maximum Gasteiger partial charge on any atom is 0.253 e. The van der Waals surface area contributed by atoms with Gasteiger partial charge in [-0.25, -0.2) is 0 Å². The fourth-order valence-corrected chi connectivity index (χ4v) is 1.35. The van der Waals surface area contributed by atoms with E-state index < -0.39 is 0 Å². The van der Waals surface area contributed by atoms with Crippen LogP contribution in [-0.4, -0.2) is 23.3 Å². The highest BCUT2D eigenvalue weighted by molar-refractivity contribution is 6.12. The van der Waals surface area contributed by atoms with E-state index in [4.69, 9.17) is 0 Å². The summed E-state index contributed by atoms with van der Waals surface area (Å²) in [5.41, 5.74) is 0. The predicted molar refractivity (Wildman–Crippen MR) is 61.4 cm³/mol. The molecular weight excluding hydrogens is 190 g/mol. The second kappa shape index (κ2) is 8.21. The van der Waals surface area contributed by atoms with E-state index in [1.54, 1.807) is 0 Å². The van der Waals surface area contributed by atoms with Crippen LogP contribution in [0.5, 0.6) is 0 Å². The van der Waals surface area contributed by atoms with Gasteiger partial charge in [0.05, 0.1) is 0 Å². The molecule has 0 radical (unpaired) electrons. The van der Waals surface area contributed by atoms with Gasteiger partial charge in [0.25, 0.3) is 11.8 Å². The maximum atomic E-state index is 11.1. The molecule has 15 heavy (non-hydrogen) atoms. The van der Waals surface area contributed by atoms with Gasteiger partial charge in [-0.1, -0.05) is 40.0 Å². The standard InChI is InChI=1S/C10H15NO2.C2H6/c1-2-3-4-5-8-11-9(12)6-7-10(11)13;1-2/h6-7H,2-5,8H2,1H3;1-2H3. The summed E-state index contributed by atoms with van der Waals surface area (Å²) in [5, 5.41) is 0. The smallest absolute Gasteiger partial charge is 0.253 e. The molecule has 0 unspecified atom stereocenters. The van der Waals surface area contributed by atoms with Crippen molar-refractivity contribution in [3.05, 3.63) is 12.2 Å². The molecule has 1 rings (SSSR count). The van der Waals surface area contributed by atoms with Crippen LogP contribution in [0.2, 0.25) is 0 Å². The highest BCUT2D eigenvalue weighted by Gasteiger charge is 2.21. The summed E-state index contributed by atoms with van der Waals surface area (Å²) in [6.07, 6.45) is 7.02. The van der Waals surface area contributed by atoms with Gasteiger partial charge >= 0.3 is 0 Å². The first-order valence-electron chi connectivity index (χ1n) is 5.79. The van der Waals surface area contributed by atoms with Crippen LogP contribution in [0.3, 0.4) is 0 Å². The van der Waals surface area contributed by atoms with Gasteiger partial charge < -0.3 is 0 Å². The zero-order valence-electron chi connectivity index (χ0n) is 9.95. The first-order valence-corrected chi connectivity index (χ1v) is 5.79. The Morgan fingerprint density at radius 1 is 1.00 bits per heavy atom. The van der Waals surface area contributed by atoms with E-state index in [2.05, 4.69) is 6.92 Å². The van der Waals surface area contributed by atoms with Crippen LogP contribution in [-0.2, 0) is 9.59 Å². The Kier molecular flexibility index (Phi) is 7.60. The lowest BCUT2D eigenvalue weighted by Crippen LogP contribution is -2.30. The summed E-state index contributed by atoms with van der Waals surface area (Å²) < 4.78 is 0. The van der Waals surface area contributed by atoms with E-state index >= 15 is 0 Å². The second-order valence-corrected chi connectivity index (χ2v) is 3.22. The van der Waals surface area contributed by atoms with E-state index in [9.17, 15) is 9.59 Å². The van der Waals surface area contributed by atoms with Crippen LogP contribution in [0.1, 0.15) is 46.5 Å². The zero-order chi connectivity index (χ0) is 11.7. The number of amides is 2. The van der Waals surface area contributed by atoms with Crippen molar-refractivity contribution >= 4 is 11.8 Å². The molecule has 86 valence electrons. The topological polar surface area (TPSA) is 37.4 Å². The van der Waals surface area contributed by atoms with Crippen LogP contribution < -0.4 is 0 Å². The van der Waals surface area contributed by atoms with Crippen molar-refractivity contribution in [2.24, 2.45) is 0 Å². The predicted octanol–water partition coefficient (Wildman–Crippen LogP) is 2.52. The monoisotopic (exact) mass is 211 g/mol. The molecule has 0 atom stereocenters. The molecule has 0 aliphatic carbocycles. The van der Waals surface area contributed by atoms with Crippen molar-refractivity contribution in [1.82, 2.24) is 4.90 Å². The Labute approximate surface area is 92.1 Å². The van der Waals surface area contributed by atoms with Gasteiger partial charge in [0.15, 0.2) is 0 Å². The molecule has 0 bridgehead atoms. The lowest BCUT2D eigenvalue weighted by molar-refractivity contribution is -0.136. The first kappa shape index (κ1) is 13.9. The van der Waals surface area contributed by atoms with Crippen molar-refractivity contribution in [2.45, 2.75) is 46.5 Å². The third-order valence-electron chi connectivity index (χ3n) is 2.14. The molecule has 0 fully saturated rings. The number of rotatable bonds is 5. The Bertz CT molecular complexity index is 216. The van der Waals surface area contributed by atoms with E-state index in [-0.39, 0.29) is 11.8 Å². The molecule has 0 N–H and O–H groups in total. The minimum atomic E-state index is -0.165. The third kappa shape index (κ3) is 4.77. The highest BCUT2D eigenvalue weighted by Crippen LogP contribution is 2.07. The van der Waals surface area contributed by atoms with Gasteiger partial charge in [-0.05, 0) is 6.42 Å². The van der Waals surface area contributed by atoms with E-state index in [0.717, 1.165) is 12.8 Å². The van der Waals surface area contributed by atoms with Crippen LogP contribution in [0.4, 0.5) is 0 Å². The van der Waals surface area contributed by atoms with E-state index in [1.807, 2.05) is 13.8 Å². The summed E-state index contributed by atoms with van der Waals surface area (Å²) in [6, 6.07) is 0. The molecule has 2 amide bonds. The lowest BCUT2D eigenvalue weighted by Gasteiger charge is -2.12. The summed E-state index contributed by atoms with van der Waals surface area (Å²) in [6.45, 7) is 6.71. The van der Waals surface area contributed by atoms with Crippen molar-refractivity contribution in [3.63, 3.8) is 0 Å². The summed E-state index contributed by atoms with van der Waals surface area (Å²) >= 11 is 0. The number of carbonyl (C=O) groups excluding carboxylic acids is 2. The zero-order valence-corrected chi connectivity index (χ0v) is 9.95.